The van der Waals surface area contributed by atoms with Crippen LogP contribution >= 0.6 is 0 Å². The van der Waals surface area contributed by atoms with E-state index in [1.807, 2.05) is 0 Å². The minimum Gasteiger partial charge on any atom is -0.0885 e. The van der Waals surface area contributed by atoms with Crippen molar-refractivity contribution in [3.63, 3.8) is 0 Å². The van der Waals surface area contributed by atoms with Crippen LogP contribution in [0.1, 0.15) is 77.0 Å². The van der Waals surface area contributed by atoms with Crippen LogP contribution in [0.2, 0.25) is 0 Å². The maximum atomic E-state index is 2.34. The topological polar surface area (TPSA) is 0 Å². The summed E-state index contributed by atoms with van der Waals surface area (Å²) in [6, 6.07) is 0. The lowest BCUT2D eigenvalue weighted by atomic mass is 10.1. The first-order chi connectivity index (χ1) is 10.0. The number of allylic oxidation sites excluding steroid dienone is 8. The molecule has 0 spiro atoms. The van der Waals surface area contributed by atoms with Gasteiger partial charge in [-0.25, -0.2) is 0 Å². The van der Waals surface area contributed by atoms with E-state index in [-0.39, 0.29) is 0 Å². The molecule has 0 radical (unpaired) electrons. The van der Waals surface area contributed by atoms with E-state index in [4.69, 9.17) is 0 Å². The molecule has 0 heterocycles. The van der Waals surface area contributed by atoms with E-state index in [1.165, 1.54) is 77.0 Å². The van der Waals surface area contributed by atoms with Gasteiger partial charge in [0.05, 0.1) is 0 Å². The Bertz CT molecular complexity index is 260. The summed E-state index contributed by atoms with van der Waals surface area (Å²) < 4.78 is 0. The molecule has 0 aromatic carbocycles. The minimum atomic E-state index is 1.23. The van der Waals surface area contributed by atoms with Gasteiger partial charge < -0.3 is 0 Å². The highest BCUT2D eigenvalue weighted by Gasteiger charge is 1.88. The van der Waals surface area contributed by atoms with Gasteiger partial charge >= 0.3 is 0 Å². The second kappa shape index (κ2) is 14.4. The standard InChI is InChI=1S/C12H20.C8H12/c1-2-4-6-8-10-12-11-9-7-5-3-1;1-2-4-6-8-7-5-3-1/h1-2,7,9H,3-6,8,10-12H2;1-2,7-8H,3-6H2. The molecule has 0 nitrogen and oxygen atoms in total. The highest BCUT2D eigenvalue weighted by Crippen LogP contribution is 2.08. The van der Waals surface area contributed by atoms with Gasteiger partial charge in [-0.15, -0.1) is 0 Å². The fourth-order valence-corrected chi connectivity index (χ4v) is 2.40. The van der Waals surface area contributed by atoms with Gasteiger partial charge in [0.1, 0.15) is 0 Å². The summed E-state index contributed by atoms with van der Waals surface area (Å²) in [6.45, 7) is 0. The first-order valence-electron chi connectivity index (χ1n) is 8.60. The quantitative estimate of drug-likeness (QED) is 0.420. The average molecular weight is 272 g/mol. The molecular weight excluding hydrogens is 240 g/mol. The van der Waals surface area contributed by atoms with Crippen molar-refractivity contribution < 1.29 is 0 Å². The van der Waals surface area contributed by atoms with E-state index in [9.17, 15) is 0 Å². The molecule has 0 unspecified atom stereocenters. The first kappa shape index (κ1) is 17.0. The van der Waals surface area contributed by atoms with Gasteiger partial charge in [0.25, 0.3) is 0 Å². The molecule has 0 N–H and O–H groups in total. The van der Waals surface area contributed by atoms with Crippen molar-refractivity contribution in [1.29, 1.82) is 0 Å². The molecule has 0 saturated heterocycles. The Balaban J connectivity index is 0.000000217. The summed E-state index contributed by atoms with van der Waals surface area (Å²) >= 11 is 0. The third-order valence-electron chi connectivity index (χ3n) is 3.66. The zero-order valence-corrected chi connectivity index (χ0v) is 13.1. The fourth-order valence-electron chi connectivity index (χ4n) is 2.40. The lowest BCUT2D eigenvalue weighted by molar-refractivity contribution is 0.650. The molecule has 112 valence electrons. The summed E-state index contributed by atoms with van der Waals surface area (Å²) in [5.74, 6) is 0. The van der Waals surface area contributed by atoms with Gasteiger partial charge in [0, 0.05) is 0 Å². The number of hydrogen-bond acceptors (Lipinski definition) is 0. The van der Waals surface area contributed by atoms with E-state index in [2.05, 4.69) is 48.6 Å². The van der Waals surface area contributed by atoms with Gasteiger partial charge in [0.2, 0.25) is 0 Å². The normalized spacial score (nSPS) is 20.8. The Hall–Kier alpha value is -1.04. The van der Waals surface area contributed by atoms with E-state index in [1.54, 1.807) is 0 Å². The third kappa shape index (κ3) is 12.0. The number of hydrogen-bond donors (Lipinski definition) is 0. The van der Waals surface area contributed by atoms with Crippen LogP contribution in [0.3, 0.4) is 0 Å². The van der Waals surface area contributed by atoms with E-state index in [0.717, 1.165) is 0 Å². The maximum absolute atomic E-state index is 2.34. The largest absolute Gasteiger partial charge is 0.0885 e. The van der Waals surface area contributed by atoms with Crippen LogP contribution in [0.5, 0.6) is 0 Å². The Morgan fingerprint density at radius 3 is 0.800 bits per heavy atom. The summed E-state index contributed by atoms with van der Waals surface area (Å²) in [4.78, 5) is 0. The van der Waals surface area contributed by atoms with Crippen LogP contribution in [0.25, 0.3) is 0 Å². The van der Waals surface area contributed by atoms with E-state index >= 15 is 0 Å². The average Bonchev–Trinajstić information content (AvgIpc) is 2.39. The zero-order chi connectivity index (χ0) is 14.1. The summed E-state index contributed by atoms with van der Waals surface area (Å²) in [6.07, 6.45) is 34.0. The molecule has 20 heavy (non-hydrogen) atoms. The van der Waals surface area contributed by atoms with Crippen molar-refractivity contribution in [2.75, 3.05) is 0 Å². The van der Waals surface area contributed by atoms with Crippen molar-refractivity contribution in [1.82, 2.24) is 0 Å². The highest BCUT2D eigenvalue weighted by molar-refractivity contribution is 4.93. The molecule has 0 aromatic heterocycles. The molecule has 0 saturated carbocycles. The van der Waals surface area contributed by atoms with Crippen molar-refractivity contribution in [3.8, 4) is 0 Å². The van der Waals surface area contributed by atoms with Crippen LogP contribution in [0.15, 0.2) is 48.6 Å². The fraction of sp³-hybridized carbons (Fsp3) is 0.600. The van der Waals surface area contributed by atoms with Crippen LogP contribution < -0.4 is 0 Å². The molecule has 0 bridgehead atoms. The second-order valence-corrected chi connectivity index (χ2v) is 5.61. The predicted molar refractivity (Wildman–Crippen MR) is 92.0 cm³/mol. The molecule has 0 aromatic rings. The summed E-state index contributed by atoms with van der Waals surface area (Å²) in [7, 11) is 0. The predicted octanol–water partition coefficient (Wildman–Crippen LogP) is 6.91. The molecule has 2 rings (SSSR count). The first-order valence-corrected chi connectivity index (χ1v) is 8.60. The molecule has 2 aliphatic rings. The second-order valence-electron chi connectivity index (χ2n) is 5.61. The Morgan fingerprint density at radius 1 is 0.250 bits per heavy atom. The van der Waals surface area contributed by atoms with Gasteiger partial charge in [-0.3, -0.25) is 0 Å². The van der Waals surface area contributed by atoms with Crippen LogP contribution in [-0.4, -0.2) is 0 Å². The van der Waals surface area contributed by atoms with Gasteiger partial charge in [-0.1, -0.05) is 61.4 Å². The van der Waals surface area contributed by atoms with Gasteiger partial charge in [-0.05, 0) is 64.2 Å². The van der Waals surface area contributed by atoms with Crippen molar-refractivity contribution in [3.05, 3.63) is 48.6 Å². The molecule has 0 aliphatic heterocycles. The Morgan fingerprint density at radius 2 is 0.500 bits per heavy atom. The SMILES string of the molecule is C1=CCCC=CCC1.C1=CCCCCCCC=CCC1. The van der Waals surface area contributed by atoms with Crippen molar-refractivity contribution in [2.24, 2.45) is 0 Å². The van der Waals surface area contributed by atoms with Gasteiger partial charge in [-0.2, -0.15) is 0 Å². The van der Waals surface area contributed by atoms with Crippen LogP contribution in [-0.2, 0) is 0 Å². The van der Waals surface area contributed by atoms with Crippen molar-refractivity contribution in [2.45, 2.75) is 77.0 Å². The zero-order valence-electron chi connectivity index (χ0n) is 13.1. The van der Waals surface area contributed by atoms with E-state index in [0.29, 0.717) is 0 Å². The van der Waals surface area contributed by atoms with Crippen LogP contribution in [0, 0.1) is 0 Å². The lowest BCUT2D eigenvalue weighted by Gasteiger charge is -1.98. The molecular formula is C20H32. The highest BCUT2D eigenvalue weighted by atomic mass is 13.9. The monoisotopic (exact) mass is 272 g/mol. The Labute approximate surface area is 126 Å². The summed E-state index contributed by atoms with van der Waals surface area (Å²) in [5, 5.41) is 0. The lowest BCUT2D eigenvalue weighted by Crippen LogP contribution is -1.78. The number of rotatable bonds is 0. The maximum Gasteiger partial charge on any atom is -0.0316 e. The smallest absolute Gasteiger partial charge is 0.0316 e. The molecule has 0 atom stereocenters. The molecule has 2 aliphatic carbocycles. The minimum absolute atomic E-state index is 1.23. The third-order valence-corrected chi connectivity index (χ3v) is 3.66. The van der Waals surface area contributed by atoms with E-state index < -0.39 is 0 Å². The van der Waals surface area contributed by atoms with Gasteiger partial charge in [0.15, 0.2) is 0 Å². The Kier molecular flexibility index (Phi) is 12.2. The van der Waals surface area contributed by atoms with Crippen LogP contribution in [0.4, 0.5) is 0 Å². The molecule has 0 heteroatoms. The molecule has 0 amide bonds. The summed E-state index contributed by atoms with van der Waals surface area (Å²) in [5.41, 5.74) is 0. The molecule has 0 fully saturated rings. The van der Waals surface area contributed by atoms with Crippen molar-refractivity contribution >= 4 is 0 Å².